The Bertz CT molecular complexity index is 170. The molecule has 1 heterocycles. The largest absolute Gasteiger partial charge is 0.471 e. The van der Waals surface area contributed by atoms with Crippen molar-refractivity contribution in [1.29, 1.82) is 0 Å². The maximum absolute atomic E-state index is 4.97. The van der Waals surface area contributed by atoms with Gasteiger partial charge in [-0.15, -0.1) is 0 Å². The Morgan fingerprint density at radius 1 is 1.89 bits per heavy atom. The second kappa shape index (κ2) is 2.86. The molecule has 1 aromatic heterocycles. The van der Waals surface area contributed by atoms with Crippen LogP contribution in [-0.4, -0.2) is 22.0 Å². The van der Waals surface area contributed by atoms with Crippen molar-refractivity contribution in [2.24, 2.45) is 0 Å². The number of rotatable bonds is 3. The van der Waals surface area contributed by atoms with Crippen LogP contribution < -0.4 is 4.74 Å². The number of H-pyrrole nitrogens is 1. The summed E-state index contributed by atoms with van der Waals surface area (Å²) >= 11 is 0. The van der Waals surface area contributed by atoms with Crippen molar-refractivity contribution in [1.82, 2.24) is 15.4 Å². The van der Waals surface area contributed by atoms with Crippen molar-refractivity contribution < 1.29 is 4.74 Å². The fourth-order valence-corrected chi connectivity index (χ4v) is 0.406. The Kier molecular flexibility index (Phi) is 1.85. The van der Waals surface area contributed by atoms with Gasteiger partial charge in [0.1, 0.15) is 6.61 Å². The van der Waals surface area contributed by atoms with E-state index >= 15 is 0 Å². The smallest absolute Gasteiger partial charge is 0.253 e. The number of ether oxygens (including phenoxy) is 1. The molecular weight excluding hydrogens is 118 g/mol. The molecule has 9 heavy (non-hydrogen) atoms. The molecule has 48 valence electrons. The number of aromatic amines is 1. The Hall–Kier alpha value is -1.32. The molecular formula is C5H7N3O. The summed E-state index contributed by atoms with van der Waals surface area (Å²) in [7, 11) is 0. The third kappa shape index (κ3) is 1.56. The predicted octanol–water partition coefficient (Wildman–Crippen LogP) is 0.369. The minimum absolute atomic E-state index is 0.465. The highest BCUT2D eigenvalue weighted by atomic mass is 16.5. The monoisotopic (exact) mass is 125 g/mol. The third-order valence-electron chi connectivity index (χ3n) is 0.743. The molecule has 4 heteroatoms. The van der Waals surface area contributed by atoms with Crippen LogP contribution >= 0.6 is 0 Å². The first-order valence-electron chi connectivity index (χ1n) is 2.53. The summed E-state index contributed by atoms with van der Waals surface area (Å²) in [5.41, 5.74) is 0. The summed E-state index contributed by atoms with van der Waals surface area (Å²) in [4.78, 5) is 0. The van der Waals surface area contributed by atoms with Gasteiger partial charge in [0, 0.05) is 0 Å². The molecule has 0 radical (unpaired) electrons. The van der Waals surface area contributed by atoms with Gasteiger partial charge in [-0.1, -0.05) is 23.0 Å². The van der Waals surface area contributed by atoms with Crippen LogP contribution in [0, 0.1) is 0 Å². The second-order valence-corrected chi connectivity index (χ2v) is 1.41. The Morgan fingerprint density at radius 3 is 3.33 bits per heavy atom. The lowest BCUT2D eigenvalue weighted by Crippen LogP contribution is -1.91. The van der Waals surface area contributed by atoms with E-state index in [2.05, 4.69) is 22.0 Å². The number of nitrogens with zero attached hydrogens (tertiary/aromatic N) is 2. The lowest BCUT2D eigenvalue weighted by molar-refractivity contribution is 0.348. The van der Waals surface area contributed by atoms with Crippen LogP contribution in [0.25, 0.3) is 0 Å². The zero-order valence-corrected chi connectivity index (χ0v) is 4.87. The van der Waals surface area contributed by atoms with Gasteiger partial charge in [0.05, 0.1) is 6.20 Å². The van der Waals surface area contributed by atoms with Gasteiger partial charge in [-0.2, -0.15) is 0 Å². The Balaban J connectivity index is 2.38. The molecule has 0 aliphatic rings. The van der Waals surface area contributed by atoms with E-state index in [9.17, 15) is 0 Å². The van der Waals surface area contributed by atoms with Crippen LogP contribution in [-0.2, 0) is 0 Å². The first-order valence-corrected chi connectivity index (χ1v) is 2.53. The molecule has 0 amide bonds. The highest BCUT2D eigenvalue weighted by Crippen LogP contribution is 1.97. The van der Waals surface area contributed by atoms with Gasteiger partial charge < -0.3 is 4.74 Å². The van der Waals surface area contributed by atoms with Crippen molar-refractivity contribution in [2.45, 2.75) is 0 Å². The zero-order valence-electron chi connectivity index (χ0n) is 4.87. The molecule has 0 atom stereocenters. The summed E-state index contributed by atoms with van der Waals surface area (Å²) in [6.07, 6.45) is 3.22. The van der Waals surface area contributed by atoms with Gasteiger partial charge in [-0.3, -0.25) is 5.10 Å². The first kappa shape index (κ1) is 5.81. The van der Waals surface area contributed by atoms with Crippen molar-refractivity contribution in [3.05, 3.63) is 18.9 Å². The van der Waals surface area contributed by atoms with E-state index in [1.807, 2.05) is 0 Å². The van der Waals surface area contributed by atoms with Crippen LogP contribution in [0.15, 0.2) is 18.9 Å². The number of aromatic nitrogens is 3. The SMILES string of the molecule is C=CCOc1c[nH]nn1. The molecule has 1 aromatic rings. The number of hydrogen-bond acceptors (Lipinski definition) is 3. The zero-order chi connectivity index (χ0) is 6.53. The van der Waals surface area contributed by atoms with Crippen LogP contribution in [0.3, 0.4) is 0 Å². The summed E-state index contributed by atoms with van der Waals surface area (Å²) in [5.74, 6) is 0.495. The molecule has 0 aliphatic carbocycles. The summed E-state index contributed by atoms with van der Waals surface area (Å²) in [6.45, 7) is 3.94. The maximum atomic E-state index is 4.97. The molecule has 4 nitrogen and oxygen atoms in total. The summed E-state index contributed by atoms with van der Waals surface area (Å²) < 4.78 is 4.97. The van der Waals surface area contributed by atoms with Gasteiger partial charge in [0.2, 0.25) is 0 Å². The number of hydrogen-bond donors (Lipinski definition) is 1. The van der Waals surface area contributed by atoms with Crippen molar-refractivity contribution in [3.63, 3.8) is 0 Å². The van der Waals surface area contributed by atoms with E-state index in [0.29, 0.717) is 12.5 Å². The molecule has 0 unspecified atom stereocenters. The molecule has 0 aromatic carbocycles. The lowest BCUT2D eigenvalue weighted by Gasteiger charge is -1.92. The fraction of sp³-hybridized carbons (Fsp3) is 0.200. The topological polar surface area (TPSA) is 50.8 Å². The van der Waals surface area contributed by atoms with E-state index < -0.39 is 0 Å². The van der Waals surface area contributed by atoms with E-state index in [1.54, 1.807) is 12.3 Å². The molecule has 0 saturated carbocycles. The van der Waals surface area contributed by atoms with E-state index in [1.165, 1.54) is 0 Å². The Labute approximate surface area is 52.5 Å². The average Bonchev–Trinajstić information content (AvgIpc) is 2.34. The number of nitrogens with one attached hydrogen (secondary N) is 1. The van der Waals surface area contributed by atoms with Crippen LogP contribution in [0.5, 0.6) is 5.88 Å². The second-order valence-electron chi connectivity index (χ2n) is 1.41. The maximum Gasteiger partial charge on any atom is 0.253 e. The quantitative estimate of drug-likeness (QED) is 0.594. The molecule has 0 bridgehead atoms. The van der Waals surface area contributed by atoms with E-state index in [4.69, 9.17) is 4.74 Å². The van der Waals surface area contributed by atoms with Crippen LogP contribution in [0.1, 0.15) is 0 Å². The predicted molar refractivity (Wildman–Crippen MR) is 32.1 cm³/mol. The summed E-state index contributed by atoms with van der Waals surface area (Å²) in [6, 6.07) is 0. The van der Waals surface area contributed by atoms with Crippen LogP contribution in [0.2, 0.25) is 0 Å². The van der Waals surface area contributed by atoms with E-state index in [-0.39, 0.29) is 0 Å². The Morgan fingerprint density at radius 2 is 2.78 bits per heavy atom. The minimum Gasteiger partial charge on any atom is -0.471 e. The summed E-state index contributed by atoms with van der Waals surface area (Å²) in [5, 5.41) is 9.54. The van der Waals surface area contributed by atoms with Crippen molar-refractivity contribution >= 4 is 0 Å². The third-order valence-corrected chi connectivity index (χ3v) is 0.743. The molecule has 0 spiro atoms. The first-order chi connectivity index (χ1) is 4.43. The molecule has 1 rings (SSSR count). The highest BCUT2D eigenvalue weighted by molar-refractivity contribution is 4.97. The van der Waals surface area contributed by atoms with Gasteiger partial charge in [0.15, 0.2) is 0 Å². The van der Waals surface area contributed by atoms with Crippen molar-refractivity contribution in [3.8, 4) is 5.88 Å². The van der Waals surface area contributed by atoms with Crippen molar-refractivity contribution in [2.75, 3.05) is 6.61 Å². The van der Waals surface area contributed by atoms with Crippen LogP contribution in [0.4, 0.5) is 0 Å². The van der Waals surface area contributed by atoms with Gasteiger partial charge in [0.25, 0.3) is 5.88 Å². The van der Waals surface area contributed by atoms with Gasteiger partial charge >= 0.3 is 0 Å². The van der Waals surface area contributed by atoms with E-state index in [0.717, 1.165) is 0 Å². The molecule has 0 aliphatic heterocycles. The lowest BCUT2D eigenvalue weighted by atomic mass is 10.7. The average molecular weight is 125 g/mol. The highest BCUT2D eigenvalue weighted by Gasteiger charge is 1.90. The van der Waals surface area contributed by atoms with Gasteiger partial charge in [-0.25, -0.2) is 0 Å². The standard InChI is InChI=1S/C5H7N3O/c1-2-3-9-5-4-6-8-7-5/h2,4H,1,3H2,(H,6,7,8). The fourth-order valence-electron chi connectivity index (χ4n) is 0.406. The normalized spacial score (nSPS) is 8.89. The van der Waals surface area contributed by atoms with Gasteiger partial charge in [-0.05, 0) is 0 Å². The minimum atomic E-state index is 0.465. The molecule has 0 fully saturated rings. The molecule has 0 saturated heterocycles. The molecule has 1 N–H and O–H groups in total.